The predicted molar refractivity (Wildman–Crippen MR) is 80.1 cm³/mol. The van der Waals surface area contributed by atoms with Crippen LogP contribution in [0.4, 0.5) is 0 Å². The molecule has 0 nitrogen and oxygen atoms in total. The van der Waals surface area contributed by atoms with Crippen molar-refractivity contribution in [2.45, 2.75) is 62.3 Å². The van der Waals surface area contributed by atoms with Crippen LogP contribution in [0.1, 0.15) is 62.3 Å². The fourth-order valence-corrected chi connectivity index (χ4v) is 2.19. The molecule has 0 aliphatic rings. The fourth-order valence-electron chi connectivity index (χ4n) is 2.19. The minimum Gasteiger partial charge on any atom is -0.102 e. The molecule has 0 aliphatic carbocycles. The van der Waals surface area contributed by atoms with Gasteiger partial charge in [-0.15, -0.1) is 6.58 Å². The van der Waals surface area contributed by atoms with Crippen molar-refractivity contribution < 1.29 is 0 Å². The number of allylic oxidation sites excluding steroid dienone is 3. The molecule has 0 aliphatic heterocycles. The molecule has 0 aromatic carbocycles. The molecule has 0 spiro atoms. The SMILES string of the molecule is C=CC(C(=CC(C)(C)C)C(C)(C)C)C(C)(C)C. The van der Waals surface area contributed by atoms with Crippen LogP contribution in [0.3, 0.4) is 0 Å². The average Bonchev–Trinajstić information content (AvgIpc) is 1.96. The molecule has 0 amide bonds. The highest BCUT2D eigenvalue weighted by Gasteiger charge is 2.32. The Bertz CT molecular complexity index is 283. The van der Waals surface area contributed by atoms with E-state index in [4.69, 9.17) is 0 Å². The van der Waals surface area contributed by atoms with Gasteiger partial charge in [0.1, 0.15) is 0 Å². The van der Waals surface area contributed by atoms with Gasteiger partial charge in [-0.1, -0.05) is 80.0 Å². The van der Waals surface area contributed by atoms with Crippen molar-refractivity contribution in [2.24, 2.45) is 22.2 Å². The van der Waals surface area contributed by atoms with Gasteiger partial charge in [-0.25, -0.2) is 0 Å². The summed E-state index contributed by atoms with van der Waals surface area (Å²) in [6.07, 6.45) is 4.55. The summed E-state index contributed by atoms with van der Waals surface area (Å²) in [4.78, 5) is 0. The first-order valence-corrected chi connectivity index (χ1v) is 6.65. The summed E-state index contributed by atoms with van der Waals surface area (Å²) < 4.78 is 0. The quantitative estimate of drug-likeness (QED) is 0.527. The second-order valence-electron chi connectivity index (χ2n) is 8.30. The zero-order valence-corrected chi connectivity index (χ0v) is 13.4. The molecule has 0 fully saturated rings. The van der Waals surface area contributed by atoms with Crippen molar-refractivity contribution in [3.05, 3.63) is 24.3 Å². The summed E-state index contributed by atoms with van der Waals surface area (Å²) in [6.45, 7) is 24.6. The van der Waals surface area contributed by atoms with E-state index in [9.17, 15) is 0 Å². The maximum atomic E-state index is 4.05. The lowest BCUT2D eigenvalue weighted by atomic mass is 9.66. The largest absolute Gasteiger partial charge is 0.102 e. The van der Waals surface area contributed by atoms with E-state index in [1.54, 1.807) is 0 Å². The van der Waals surface area contributed by atoms with Crippen molar-refractivity contribution in [3.63, 3.8) is 0 Å². The maximum Gasteiger partial charge on any atom is 0.00281 e. The Balaban J connectivity index is 5.65. The monoisotopic (exact) mass is 236 g/mol. The summed E-state index contributed by atoms with van der Waals surface area (Å²) >= 11 is 0. The van der Waals surface area contributed by atoms with E-state index < -0.39 is 0 Å². The first-order chi connectivity index (χ1) is 7.29. The molecule has 0 rings (SSSR count). The lowest BCUT2D eigenvalue weighted by Gasteiger charge is -2.38. The van der Waals surface area contributed by atoms with Gasteiger partial charge in [0, 0.05) is 5.92 Å². The summed E-state index contributed by atoms with van der Waals surface area (Å²) in [5.74, 6) is 0.432. The highest BCUT2D eigenvalue weighted by Crippen LogP contribution is 2.43. The number of hydrogen-bond donors (Lipinski definition) is 0. The second-order valence-corrected chi connectivity index (χ2v) is 8.30. The normalized spacial score (nSPS) is 16.9. The van der Waals surface area contributed by atoms with E-state index in [0.29, 0.717) is 5.92 Å². The number of rotatable bonds is 2. The lowest BCUT2D eigenvalue weighted by Crippen LogP contribution is -2.28. The van der Waals surface area contributed by atoms with Crippen LogP contribution in [0.15, 0.2) is 24.3 Å². The standard InChI is InChI=1S/C17H32/c1-11-13(16(5,6)7)14(17(8,9)10)12-15(2,3)4/h11-13H,1H2,2-10H3. The van der Waals surface area contributed by atoms with Gasteiger partial charge >= 0.3 is 0 Å². The Hall–Kier alpha value is -0.520. The molecule has 0 heteroatoms. The van der Waals surface area contributed by atoms with Gasteiger partial charge < -0.3 is 0 Å². The molecule has 0 radical (unpaired) electrons. The molecule has 0 aromatic heterocycles. The van der Waals surface area contributed by atoms with Gasteiger partial charge in [-0.3, -0.25) is 0 Å². The average molecular weight is 236 g/mol. The number of hydrogen-bond acceptors (Lipinski definition) is 0. The molecule has 0 saturated heterocycles. The fraction of sp³-hybridized carbons (Fsp3) is 0.765. The molecule has 0 heterocycles. The van der Waals surface area contributed by atoms with Crippen LogP contribution in [0.2, 0.25) is 0 Å². The smallest absolute Gasteiger partial charge is 0.00281 e. The van der Waals surface area contributed by atoms with Gasteiger partial charge in [0.2, 0.25) is 0 Å². The van der Waals surface area contributed by atoms with Crippen LogP contribution < -0.4 is 0 Å². The highest BCUT2D eigenvalue weighted by atomic mass is 14.4. The second kappa shape index (κ2) is 5.00. The van der Waals surface area contributed by atoms with Crippen LogP contribution >= 0.6 is 0 Å². The van der Waals surface area contributed by atoms with E-state index in [1.165, 1.54) is 5.57 Å². The van der Waals surface area contributed by atoms with Gasteiger partial charge in [0.25, 0.3) is 0 Å². The van der Waals surface area contributed by atoms with Crippen LogP contribution in [-0.4, -0.2) is 0 Å². The van der Waals surface area contributed by atoms with Gasteiger partial charge in [0.05, 0.1) is 0 Å². The summed E-state index contributed by atoms with van der Waals surface area (Å²) in [6, 6.07) is 0. The van der Waals surface area contributed by atoms with Crippen LogP contribution in [0.25, 0.3) is 0 Å². The first kappa shape index (κ1) is 16.5. The maximum absolute atomic E-state index is 4.05. The Labute approximate surface area is 109 Å². The van der Waals surface area contributed by atoms with Crippen molar-refractivity contribution in [2.75, 3.05) is 0 Å². The Morgan fingerprint density at radius 3 is 1.47 bits per heavy atom. The van der Waals surface area contributed by atoms with Gasteiger partial charge in [-0.05, 0) is 16.2 Å². The zero-order chi connectivity index (χ0) is 14.1. The summed E-state index contributed by atoms with van der Waals surface area (Å²) in [5.41, 5.74) is 2.15. The zero-order valence-electron chi connectivity index (χ0n) is 13.4. The highest BCUT2D eigenvalue weighted by molar-refractivity contribution is 5.23. The van der Waals surface area contributed by atoms with E-state index in [2.05, 4.69) is 81.0 Å². The van der Waals surface area contributed by atoms with E-state index in [0.717, 1.165) is 0 Å². The van der Waals surface area contributed by atoms with E-state index in [-0.39, 0.29) is 16.2 Å². The van der Waals surface area contributed by atoms with Crippen molar-refractivity contribution >= 4 is 0 Å². The minimum absolute atomic E-state index is 0.194. The van der Waals surface area contributed by atoms with Crippen molar-refractivity contribution in [1.29, 1.82) is 0 Å². The molecule has 17 heavy (non-hydrogen) atoms. The van der Waals surface area contributed by atoms with Crippen LogP contribution in [0, 0.1) is 22.2 Å². The Morgan fingerprint density at radius 2 is 1.29 bits per heavy atom. The molecule has 0 bridgehead atoms. The van der Waals surface area contributed by atoms with E-state index in [1.807, 2.05) is 0 Å². The topological polar surface area (TPSA) is 0 Å². The van der Waals surface area contributed by atoms with Crippen LogP contribution in [-0.2, 0) is 0 Å². The lowest BCUT2D eigenvalue weighted by molar-refractivity contribution is 0.283. The third-order valence-electron chi connectivity index (χ3n) is 2.96. The molecule has 100 valence electrons. The summed E-state index contributed by atoms with van der Waals surface area (Å²) in [7, 11) is 0. The first-order valence-electron chi connectivity index (χ1n) is 6.65. The predicted octanol–water partition coefficient (Wildman–Crippen LogP) is 5.85. The van der Waals surface area contributed by atoms with Gasteiger partial charge in [0.15, 0.2) is 0 Å². The van der Waals surface area contributed by atoms with Crippen molar-refractivity contribution in [3.8, 4) is 0 Å². The third kappa shape index (κ3) is 5.57. The Morgan fingerprint density at radius 1 is 0.882 bits per heavy atom. The minimum atomic E-state index is 0.194. The Kier molecular flexibility index (Phi) is 4.85. The molecular formula is C17H32. The molecule has 0 N–H and O–H groups in total. The summed E-state index contributed by atoms with van der Waals surface area (Å²) in [5, 5.41) is 0. The van der Waals surface area contributed by atoms with Gasteiger partial charge in [-0.2, -0.15) is 0 Å². The molecule has 1 atom stereocenters. The molecule has 0 saturated carbocycles. The van der Waals surface area contributed by atoms with Crippen LogP contribution in [0.5, 0.6) is 0 Å². The molecule has 0 aromatic rings. The van der Waals surface area contributed by atoms with Crippen molar-refractivity contribution in [1.82, 2.24) is 0 Å². The molecule has 1 unspecified atom stereocenters. The van der Waals surface area contributed by atoms with E-state index >= 15 is 0 Å². The molecular weight excluding hydrogens is 204 g/mol. The third-order valence-corrected chi connectivity index (χ3v) is 2.96.